The Morgan fingerprint density at radius 2 is 1.81 bits per heavy atom. The van der Waals surface area contributed by atoms with E-state index >= 15 is 0 Å². The number of hydrogen-bond acceptors (Lipinski definition) is 3. The lowest BCUT2D eigenvalue weighted by atomic mass is 9.97. The fourth-order valence-electron chi connectivity index (χ4n) is 2.44. The molecule has 1 saturated carbocycles. The largest absolute Gasteiger partial charge is 0.396 e. The van der Waals surface area contributed by atoms with Crippen molar-refractivity contribution in [2.24, 2.45) is 11.8 Å². The fraction of sp³-hybridized carbons (Fsp3) is 1.00. The SMILES string of the molecule is CC(C)(C)NCCNCC1CCCC1CO. The number of aliphatic hydroxyl groups excluding tert-OH is 1. The highest BCUT2D eigenvalue weighted by Crippen LogP contribution is 2.30. The smallest absolute Gasteiger partial charge is 0.0462 e. The quantitative estimate of drug-likeness (QED) is 0.602. The van der Waals surface area contributed by atoms with Crippen LogP contribution in [-0.4, -0.2) is 36.9 Å². The molecule has 1 rings (SSSR count). The number of nitrogens with one attached hydrogen (secondary N) is 2. The maximum absolute atomic E-state index is 9.21. The highest BCUT2D eigenvalue weighted by atomic mass is 16.3. The maximum atomic E-state index is 9.21. The van der Waals surface area contributed by atoms with Crippen LogP contribution >= 0.6 is 0 Å². The van der Waals surface area contributed by atoms with Gasteiger partial charge in [-0.3, -0.25) is 0 Å². The zero-order valence-corrected chi connectivity index (χ0v) is 11.1. The van der Waals surface area contributed by atoms with Gasteiger partial charge in [-0.1, -0.05) is 6.42 Å². The summed E-state index contributed by atoms with van der Waals surface area (Å²) in [7, 11) is 0. The van der Waals surface area contributed by atoms with Crippen LogP contribution in [0.1, 0.15) is 40.0 Å². The van der Waals surface area contributed by atoms with Crippen LogP contribution in [0.25, 0.3) is 0 Å². The lowest BCUT2D eigenvalue weighted by molar-refractivity contribution is 0.192. The van der Waals surface area contributed by atoms with Crippen LogP contribution in [0.4, 0.5) is 0 Å². The molecule has 0 aromatic heterocycles. The molecular weight excluding hydrogens is 200 g/mol. The molecule has 0 saturated heterocycles. The van der Waals surface area contributed by atoms with Crippen molar-refractivity contribution in [3.8, 4) is 0 Å². The Bertz CT molecular complexity index is 189. The average Bonchev–Trinajstić information content (AvgIpc) is 2.63. The van der Waals surface area contributed by atoms with E-state index in [0.29, 0.717) is 18.4 Å². The minimum absolute atomic E-state index is 0.211. The van der Waals surface area contributed by atoms with E-state index in [9.17, 15) is 5.11 Å². The Labute approximate surface area is 100 Å². The fourth-order valence-corrected chi connectivity index (χ4v) is 2.44. The third-order valence-corrected chi connectivity index (χ3v) is 3.41. The standard InChI is InChI=1S/C13H28N2O/c1-13(2,3)15-8-7-14-9-11-5-4-6-12(11)10-16/h11-12,14-16H,4-10H2,1-3H3. The molecule has 3 heteroatoms. The zero-order chi connectivity index (χ0) is 12.0. The van der Waals surface area contributed by atoms with Gasteiger partial charge in [-0.25, -0.2) is 0 Å². The van der Waals surface area contributed by atoms with Crippen LogP contribution in [0.2, 0.25) is 0 Å². The second kappa shape index (κ2) is 6.58. The van der Waals surface area contributed by atoms with Crippen LogP contribution in [0.5, 0.6) is 0 Å². The van der Waals surface area contributed by atoms with Crippen molar-refractivity contribution >= 4 is 0 Å². The van der Waals surface area contributed by atoms with Crippen LogP contribution < -0.4 is 10.6 Å². The molecule has 0 heterocycles. The lowest BCUT2D eigenvalue weighted by Gasteiger charge is -2.22. The summed E-state index contributed by atoms with van der Waals surface area (Å²) in [6, 6.07) is 0. The van der Waals surface area contributed by atoms with Gasteiger partial charge in [0.1, 0.15) is 0 Å². The Morgan fingerprint density at radius 3 is 2.44 bits per heavy atom. The molecule has 3 nitrogen and oxygen atoms in total. The van der Waals surface area contributed by atoms with Gasteiger partial charge < -0.3 is 15.7 Å². The molecule has 1 fully saturated rings. The van der Waals surface area contributed by atoms with Gasteiger partial charge in [0.05, 0.1) is 0 Å². The third kappa shape index (κ3) is 5.28. The molecule has 0 radical (unpaired) electrons. The van der Waals surface area contributed by atoms with Crippen molar-refractivity contribution in [3.63, 3.8) is 0 Å². The van der Waals surface area contributed by atoms with Gasteiger partial charge in [0.2, 0.25) is 0 Å². The van der Waals surface area contributed by atoms with Gasteiger partial charge in [0.25, 0.3) is 0 Å². The molecule has 2 atom stereocenters. The molecular formula is C13H28N2O. The van der Waals surface area contributed by atoms with Gasteiger partial charge in [-0.15, -0.1) is 0 Å². The Balaban J connectivity index is 2.03. The van der Waals surface area contributed by atoms with E-state index in [1.54, 1.807) is 0 Å². The summed E-state index contributed by atoms with van der Waals surface area (Å²) in [4.78, 5) is 0. The Kier molecular flexibility index (Phi) is 5.73. The van der Waals surface area contributed by atoms with Crippen LogP contribution in [-0.2, 0) is 0 Å². The van der Waals surface area contributed by atoms with E-state index in [1.165, 1.54) is 19.3 Å². The second-order valence-corrected chi connectivity index (χ2v) is 6.01. The predicted octanol–water partition coefficient (Wildman–Crippen LogP) is 1.37. The third-order valence-electron chi connectivity index (χ3n) is 3.41. The molecule has 0 amide bonds. The Hall–Kier alpha value is -0.120. The number of hydrogen-bond donors (Lipinski definition) is 3. The molecule has 0 spiro atoms. The van der Waals surface area contributed by atoms with E-state index in [1.807, 2.05) is 0 Å². The summed E-state index contributed by atoms with van der Waals surface area (Å²) in [6.45, 7) is 10.0. The van der Waals surface area contributed by atoms with Gasteiger partial charge >= 0.3 is 0 Å². The zero-order valence-electron chi connectivity index (χ0n) is 11.1. The van der Waals surface area contributed by atoms with Crippen molar-refractivity contribution in [1.29, 1.82) is 0 Å². The van der Waals surface area contributed by atoms with Crippen molar-refractivity contribution in [1.82, 2.24) is 10.6 Å². The van der Waals surface area contributed by atoms with E-state index < -0.39 is 0 Å². The van der Waals surface area contributed by atoms with Crippen molar-refractivity contribution in [3.05, 3.63) is 0 Å². The van der Waals surface area contributed by atoms with Crippen molar-refractivity contribution in [2.75, 3.05) is 26.2 Å². The summed E-state index contributed by atoms with van der Waals surface area (Å²) in [5.41, 5.74) is 0.211. The first-order valence-corrected chi connectivity index (χ1v) is 6.59. The average molecular weight is 228 g/mol. The maximum Gasteiger partial charge on any atom is 0.0462 e. The topological polar surface area (TPSA) is 44.3 Å². The van der Waals surface area contributed by atoms with Crippen LogP contribution in [0.3, 0.4) is 0 Å². The van der Waals surface area contributed by atoms with E-state index in [0.717, 1.165) is 19.6 Å². The summed E-state index contributed by atoms with van der Waals surface area (Å²) in [6.07, 6.45) is 3.78. The molecule has 3 N–H and O–H groups in total. The first kappa shape index (κ1) is 13.9. The Morgan fingerprint density at radius 1 is 1.12 bits per heavy atom. The van der Waals surface area contributed by atoms with Crippen molar-refractivity contribution in [2.45, 2.75) is 45.6 Å². The molecule has 0 aromatic carbocycles. The molecule has 0 aliphatic heterocycles. The summed E-state index contributed by atoms with van der Waals surface area (Å²) in [5, 5.41) is 16.2. The first-order valence-electron chi connectivity index (χ1n) is 6.59. The summed E-state index contributed by atoms with van der Waals surface area (Å²) < 4.78 is 0. The predicted molar refractivity (Wildman–Crippen MR) is 68.5 cm³/mol. The van der Waals surface area contributed by atoms with Gasteiger partial charge in [0.15, 0.2) is 0 Å². The van der Waals surface area contributed by atoms with E-state index in [2.05, 4.69) is 31.4 Å². The summed E-state index contributed by atoms with van der Waals surface area (Å²) in [5.74, 6) is 1.24. The van der Waals surface area contributed by atoms with Crippen LogP contribution in [0.15, 0.2) is 0 Å². The van der Waals surface area contributed by atoms with Crippen LogP contribution in [0, 0.1) is 11.8 Å². The second-order valence-electron chi connectivity index (χ2n) is 6.01. The van der Waals surface area contributed by atoms with Gasteiger partial charge in [-0.05, 0) is 52.0 Å². The normalized spacial score (nSPS) is 26.2. The molecule has 0 bridgehead atoms. The number of rotatable bonds is 6. The molecule has 1 aliphatic carbocycles. The minimum atomic E-state index is 0.211. The molecule has 16 heavy (non-hydrogen) atoms. The van der Waals surface area contributed by atoms with Crippen molar-refractivity contribution < 1.29 is 5.11 Å². The van der Waals surface area contributed by atoms with Gasteiger partial charge in [-0.2, -0.15) is 0 Å². The minimum Gasteiger partial charge on any atom is -0.396 e. The molecule has 0 aromatic rings. The molecule has 96 valence electrons. The van der Waals surface area contributed by atoms with E-state index in [-0.39, 0.29) is 5.54 Å². The monoisotopic (exact) mass is 228 g/mol. The molecule has 1 aliphatic rings. The summed E-state index contributed by atoms with van der Waals surface area (Å²) >= 11 is 0. The lowest BCUT2D eigenvalue weighted by Crippen LogP contribution is -2.41. The van der Waals surface area contributed by atoms with E-state index in [4.69, 9.17) is 0 Å². The molecule has 2 unspecified atom stereocenters. The highest BCUT2D eigenvalue weighted by Gasteiger charge is 2.25. The van der Waals surface area contributed by atoms with Gasteiger partial charge in [0, 0.05) is 25.2 Å². The number of aliphatic hydroxyl groups is 1. The highest BCUT2D eigenvalue weighted by molar-refractivity contribution is 4.79. The first-order chi connectivity index (χ1) is 7.53.